The molecule has 1 aliphatic carbocycles. The lowest BCUT2D eigenvalue weighted by molar-refractivity contribution is -0.113. The van der Waals surface area contributed by atoms with Crippen LogP contribution in [-0.2, 0) is 4.79 Å². The van der Waals surface area contributed by atoms with Crippen molar-refractivity contribution in [3.8, 4) is 17.5 Å². The van der Waals surface area contributed by atoms with Gasteiger partial charge in [0, 0.05) is 17.3 Å². The average Bonchev–Trinajstić information content (AvgIpc) is 3.35. The highest BCUT2D eigenvalue weighted by atomic mass is 32.2. The van der Waals surface area contributed by atoms with Crippen molar-refractivity contribution in [1.29, 1.82) is 5.26 Å². The fourth-order valence-electron chi connectivity index (χ4n) is 4.66. The second-order valence-corrected chi connectivity index (χ2v) is 9.72. The SMILES string of the molecule is Cc1cc(C)cc(-c2nnc(SCC(=O)Nc3c(C#N)c(C)c(C)n3C3CCCCC3)o2)c1. The van der Waals surface area contributed by atoms with E-state index in [1.165, 1.54) is 31.0 Å². The lowest BCUT2D eigenvalue weighted by Crippen LogP contribution is -2.21. The van der Waals surface area contributed by atoms with Crippen molar-refractivity contribution in [2.45, 2.75) is 71.1 Å². The number of amides is 1. The van der Waals surface area contributed by atoms with Crippen LogP contribution in [-0.4, -0.2) is 26.4 Å². The highest BCUT2D eigenvalue weighted by molar-refractivity contribution is 7.99. The fourth-order valence-corrected chi connectivity index (χ4v) is 5.22. The van der Waals surface area contributed by atoms with Crippen molar-refractivity contribution in [3.63, 3.8) is 0 Å². The van der Waals surface area contributed by atoms with Gasteiger partial charge in [-0.15, -0.1) is 10.2 Å². The van der Waals surface area contributed by atoms with Gasteiger partial charge in [0.1, 0.15) is 11.9 Å². The summed E-state index contributed by atoms with van der Waals surface area (Å²) in [6, 6.07) is 8.68. The molecular formula is C25H29N5O2S. The number of anilines is 1. The first kappa shape index (κ1) is 23.1. The van der Waals surface area contributed by atoms with E-state index in [9.17, 15) is 10.1 Å². The molecule has 0 atom stereocenters. The Morgan fingerprint density at radius 1 is 1.15 bits per heavy atom. The minimum Gasteiger partial charge on any atom is -0.411 e. The summed E-state index contributed by atoms with van der Waals surface area (Å²) in [6.45, 7) is 8.02. The van der Waals surface area contributed by atoms with Crippen molar-refractivity contribution >= 4 is 23.5 Å². The van der Waals surface area contributed by atoms with E-state index < -0.39 is 0 Å². The van der Waals surface area contributed by atoms with Crippen LogP contribution in [0.2, 0.25) is 0 Å². The van der Waals surface area contributed by atoms with E-state index in [1.807, 2.05) is 39.8 Å². The maximum absolute atomic E-state index is 12.8. The third kappa shape index (κ3) is 4.98. The molecule has 1 aromatic carbocycles. The summed E-state index contributed by atoms with van der Waals surface area (Å²) in [6.07, 6.45) is 5.73. The van der Waals surface area contributed by atoms with E-state index in [2.05, 4.69) is 32.2 Å². The number of rotatable bonds is 6. The molecule has 0 radical (unpaired) electrons. The fraction of sp³-hybridized carbons (Fsp3) is 0.440. The number of thioether (sulfide) groups is 1. The molecule has 3 aromatic rings. The molecule has 2 heterocycles. The Morgan fingerprint density at radius 2 is 1.85 bits per heavy atom. The molecule has 1 amide bonds. The second-order valence-electron chi connectivity index (χ2n) is 8.79. The van der Waals surface area contributed by atoms with Crippen LogP contribution in [0.1, 0.15) is 66.1 Å². The zero-order valence-corrected chi connectivity index (χ0v) is 20.4. The first-order valence-electron chi connectivity index (χ1n) is 11.3. The van der Waals surface area contributed by atoms with E-state index in [-0.39, 0.29) is 11.7 Å². The van der Waals surface area contributed by atoms with Crippen LogP contribution in [0.5, 0.6) is 0 Å². The number of carbonyl (C=O) groups excluding carboxylic acids is 1. The molecule has 0 saturated heterocycles. The Labute approximate surface area is 198 Å². The normalized spacial score (nSPS) is 14.3. The van der Waals surface area contributed by atoms with Gasteiger partial charge in [0.2, 0.25) is 11.8 Å². The molecule has 0 spiro atoms. The predicted octanol–water partition coefficient (Wildman–Crippen LogP) is 5.88. The van der Waals surface area contributed by atoms with Crippen LogP contribution in [0.25, 0.3) is 11.5 Å². The molecule has 7 nitrogen and oxygen atoms in total. The Hall–Kier alpha value is -3.05. The number of nitrogens with one attached hydrogen (secondary N) is 1. The molecule has 0 bridgehead atoms. The van der Waals surface area contributed by atoms with E-state index in [4.69, 9.17) is 4.42 Å². The minimum atomic E-state index is -0.197. The summed E-state index contributed by atoms with van der Waals surface area (Å²) in [5.74, 6) is 0.977. The van der Waals surface area contributed by atoms with Gasteiger partial charge in [-0.1, -0.05) is 48.2 Å². The average molecular weight is 464 g/mol. The topological polar surface area (TPSA) is 96.7 Å². The molecule has 4 rings (SSSR count). The number of hydrogen-bond donors (Lipinski definition) is 1. The van der Waals surface area contributed by atoms with Gasteiger partial charge < -0.3 is 14.3 Å². The first-order chi connectivity index (χ1) is 15.9. The number of nitrogens with zero attached hydrogens (tertiary/aromatic N) is 4. The summed E-state index contributed by atoms with van der Waals surface area (Å²) >= 11 is 1.19. The monoisotopic (exact) mass is 463 g/mol. The van der Waals surface area contributed by atoms with Crippen LogP contribution in [0.15, 0.2) is 27.8 Å². The number of nitriles is 1. The Morgan fingerprint density at radius 3 is 2.52 bits per heavy atom. The van der Waals surface area contributed by atoms with E-state index in [0.29, 0.717) is 28.5 Å². The van der Waals surface area contributed by atoms with E-state index >= 15 is 0 Å². The van der Waals surface area contributed by atoms with Gasteiger partial charge in [-0.05, 0) is 58.2 Å². The van der Waals surface area contributed by atoms with Gasteiger partial charge in [0.05, 0.1) is 11.3 Å². The third-order valence-corrected chi connectivity index (χ3v) is 7.09. The predicted molar refractivity (Wildman–Crippen MR) is 129 cm³/mol. The highest BCUT2D eigenvalue weighted by Gasteiger charge is 2.26. The number of hydrogen-bond acceptors (Lipinski definition) is 6. The number of benzene rings is 1. The largest absolute Gasteiger partial charge is 0.411 e. The Kier molecular flexibility index (Phi) is 6.89. The van der Waals surface area contributed by atoms with Gasteiger partial charge in [0.25, 0.3) is 5.22 Å². The van der Waals surface area contributed by atoms with Crippen LogP contribution < -0.4 is 5.32 Å². The van der Waals surface area contributed by atoms with E-state index in [1.54, 1.807) is 0 Å². The Balaban J connectivity index is 1.47. The molecule has 0 aliphatic heterocycles. The smallest absolute Gasteiger partial charge is 0.277 e. The summed E-state index contributed by atoms with van der Waals surface area (Å²) in [7, 11) is 0. The highest BCUT2D eigenvalue weighted by Crippen LogP contribution is 2.37. The van der Waals surface area contributed by atoms with E-state index in [0.717, 1.165) is 40.8 Å². The van der Waals surface area contributed by atoms with Crippen LogP contribution in [0.4, 0.5) is 5.82 Å². The lowest BCUT2D eigenvalue weighted by atomic mass is 9.95. The minimum absolute atomic E-state index is 0.118. The van der Waals surface area contributed by atoms with Crippen molar-refractivity contribution in [3.05, 3.63) is 46.1 Å². The van der Waals surface area contributed by atoms with Gasteiger partial charge in [0.15, 0.2) is 0 Å². The number of aryl methyl sites for hydroxylation is 2. The summed E-state index contributed by atoms with van der Waals surface area (Å²) in [5.41, 5.74) is 5.64. The van der Waals surface area contributed by atoms with Crippen molar-refractivity contribution in [1.82, 2.24) is 14.8 Å². The van der Waals surface area contributed by atoms with Gasteiger partial charge in [-0.25, -0.2) is 0 Å². The van der Waals surface area contributed by atoms with Crippen molar-refractivity contribution in [2.24, 2.45) is 0 Å². The van der Waals surface area contributed by atoms with Gasteiger partial charge >= 0.3 is 0 Å². The number of aromatic nitrogens is 3. The molecule has 0 unspecified atom stereocenters. The Bertz CT molecular complexity index is 1190. The quantitative estimate of drug-likeness (QED) is 0.459. The van der Waals surface area contributed by atoms with Crippen molar-refractivity contribution < 1.29 is 9.21 Å². The zero-order chi connectivity index (χ0) is 23.5. The summed E-state index contributed by atoms with van der Waals surface area (Å²) < 4.78 is 7.94. The van der Waals surface area contributed by atoms with Crippen LogP contribution >= 0.6 is 11.8 Å². The molecule has 8 heteroatoms. The number of carbonyl (C=O) groups is 1. The molecule has 33 heavy (non-hydrogen) atoms. The van der Waals surface area contributed by atoms with Crippen molar-refractivity contribution in [2.75, 3.05) is 11.1 Å². The zero-order valence-electron chi connectivity index (χ0n) is 19.6. The summed E-state index contributed by atoms with van der Waals surface area (Å²) in [4.78, 5) is 12.8. The molecule has 2 aromatic heterocycles. The van der Waals surface area contributed by atoms with Gasteiger partial charge in [-0.2, -0.15) is 5.26 Å². The summed E-state index contributed by atoms with van der Waals surface area (Å²) in [5, 5.41) is 21.3. The van der Waals surface area contributed by atoms with Gasteiger partial charge in [-0.3, -0.25) is 4.79 Å². The van der Waals surface area contributed by atoms with Crippen LogP contribution in [0, 0.1) is 39.0 Å². The first-order valence-corrected chi connectivity index (χ1v) is 12.3. The standard InChI is InChI=1S/C25H29N5O2S/c1-15-10-16(2)12-19(11-15)24-28-29-25(32-24)33-14-22(31)27-23-21(13-26)17(3)18(4)30(23)20-8-6-5-7-9-20/h10-12,20H,5-9,14H2,1-4H3,(H,27,31). The molecule has 1 aliphatic rings. The molecule has 1 N–H and O–H groups in total. The molecule has 172 valence electrons. The maximum Gasteiger partial charge on any atom is 0.277 e. The molecule has 1 saturated carbocycles. The third-order valence-electron chi connectivity index (χ3n) is 6.27. The maximum atomic E-state index is 12.8. The lowest BCUT2D eigenvalue weighted by Gasteiger charge is -2.27. The molecule has 1 fully saturated rings. The second kappa shape index (κ2) is 9.84. The van der Waals surface area contributed by atoms with Crippen LogP contribution in [0.3, 0.4) is 0 Å². The molecular weight excluding hydrogens is 434 g/mol.